The fourth-order valence-corrected chi connectivity index (χ4v) is 5.98. The molecular formula is C23H30N4O2. The zero-order valence-electron chi connectivity index (χ0n) is 17.2. The summed E-state index contributed by atoms with van der Waals surface area (Å²) < 4.78 is 1.78. The molecule has 6 heteroatoms. The van der Waals surface area contributed by atoms with Gasteiger partial charge in [0, 0.05) is 43.2 Å². The van der Waals surface area contributed by atoms with Gasteiger partial charge in [-0.2, -0.15) is 5.10 Å². The van der Waals surface area contributed by atoms with Crippen LogP contribution in [0.4, 0.5) is 0 Å². The minimum atomic E-state index is 0.151. The molecule has 0 spiro atoms. The Labute approximate surface area is 171 Å². The highest BCUT2D eigenvalue weighted by Gasteiger charge is 2.49. The zero-order valence-corrected chi connectivity index (χ0v) is 17.2. The van der Waals surface area contributed by atoms with Gasteiger partial charge in [-0.25, -0.2) is 0 Å². The van der Waals surface area contributed by atoms with Crippen LogP contribution in [0.25, 0.3) is 10.9 Å². The Morgan fingerprint density at radius 2 is 2.03 bits per heavy atom. The quantitative estimate of drug-likeness (QED) is 0.801. The Balaban J connectivity index is 1.34. The number of aromatic nitrogens is 2. The van der Waals surface area contributed by atoms with E-state index in [4.69, 9.17) is 0 Å². The fraction of sp³-hybridized carbons (Fsp3) is 0.609. The zero-order chi connectivity index (χ0) is 20.0. The first kappa shape index (κ1) is 18.6. The number of nitrogens with zero attached hydrogens (tertiary/aromatic N) is 4. The van der Waals surface area contributed by atoms with Crippen LogP contribution in [0, 0.1) is 11.8 Å². The Bertz CT molecular complexity index is 889. The minimum absolute atomic E-state index is 0.151. The highest BCUT2D eigenvalue weighted by molar-refractivity contribution is 5.80. The second kappa shape index (κ2) is 7.47. The largest absolute Gasteiger partial charge is 0.340 e. The summed E-state index contributed by atoms with van der Waals surface area (Å²) in [5.74, 6) is 1.33. The maximum Gasteiger partial charge on any atom is 0.244 e. The van der Waals surface area contributed by atoms with Crippen molar-refractivity contribution in [3.63, 3.8) is 0 Å². The molecule has 1 aromatic carbocycles. The summed E-state index contributed by atoms with van der Waals surface area (Å²) in [6.45, 7) is 4.05. The first-order chi connectivity index (χ1) is 14.1. The van der Waals surface area contributed by atoms with E-state index in [-0.39, 0.29) is 5.91 Å². The van der Waals surface area contributed by atoms with Crippen LogP contribution in [0.15, 0.2) is 30.5 Å². The first-order valence-corrected chi connectivity index (χ1v) is 11.1. The lowest BCUT2D eigenvalue weighted by Crippen LogP contribution is -2.65. The molecule has 2 amide bonds. The highest BCUT2D eigenvalue weighted by Crippen LogP contribution is 2.42. The molecule has 1 aromatic heterocycles. The lowest BCUT2D eigenvalue weighted by molar-refractivity contribution is -0.156. The number of rotatable bonds is 4. The molecule has 154 valence electrons. The SMILES string of the molecule is CCC[C@H]1[C@H]2C[C@H](CN(C(=O)Cn3cc4ccccc4n3)C2)[C@@H]2CCCC(=O)N21. The monoisotopic (exact) mass is 394 g/mol. The molecule has 0 N–H and O–H groups in total. The van der Waals surface area contributed by atoms with Gasteiger partial charge in [0.25, 0.3) is 0 Å². The molecule has 5 rings (SSSR count). The number of hydrogen-bond donors (Lipinski definition) is 0. The lowest BCUT2D eigenvalue weighted by Gasteiger charge is -2.56. The summed E-state index contributed by atoms with van der Waals surface area (Å²) in [6.07, 6.45) is 8.03. The summed E-state index contributed by atoms with van der Waals surface area (Å²) in [4.78, 5) is 30.2. The second-order valence-corrected chi connectivity index (χ2v) is 9.06. The maximum atomic E-state index is 13.1. The molecule has 0 saturated carbocycles. The Hall–Kier alpha value is -2.37. The van der Waals surface area contributed by atoms with Crippen molar-refractivity contribution in [1.82, 2.24) is 19.6 Å². The highest BCUT2D eigenvalue weighted by atomic mass is 16.2. The van der Waals surface area contributed by atoms with Gasteiger partial charge in [-0.1, -0.05) is 31.5 Å². The third-order valence-electron chi connectivity index (χ3n) is 7.19. The summed E-state index contributed by atoms with van der Waals surface area (Å²) in [7, 11) is 0. The minimum Gasteiger partial charge on any atom is -0.340 e. The fourth-order valence-electron chi connectivity index (χ4n) is 5.98. The van der Waals surface area contributed by atoms with E-state index in [1.807, 2.05) is 30.5 Å². The maximum absolute atomic E-state index is 13.1. The van der Waals surface area contributed by atoms with E-state index >= 15 is 0 Å². The molecule has 3 aliphatic rings. The Kier molecular flexibility index (Phi) is 4.80. The van der Waals surface area contributed by atoms with Crippen molar-refractivity contribution in [2.75, 3.05) is 13.1 Å². The number of amides is 2. The molecule has 0 unspecified atom stereocenters. The van der Waals surface area contributed by atoms with E-state index in [0.717, 1.165) is 56.1 Å². The van der Waals surface area contributed by atoms with Crippen LogP contribution in [0.1, 0.15) is 45.4 Å². The van der Waals surface area contributed by atoms with Gasteiger partial charge in [0.15, 0.2) is 0 Å². The second-order valence-electron chi connectivity index (χ2n) is 9.06. The number of hydrogen-bond acceptors (Lipinski definition) is 3. The van der Waals surface area contributed by atoms with E-state index in [0.29, 0.717) is 42.8 Å². The number of carbonyl (C=O) groups is 2. The van der Waals surface area contributed by atoms with Crippen molar-refractivity contribution < 1.29 is 9.59 Å². The van der Waals surface area contributed by atoms with Crippen LogP contribution in [-0.2, 0) is 16.1 Å². The van der Waals surface area contributed by atoms with E-state index < -0.39 is 0 Å². The van der Waals surface area contributed by atoms with Crippen molar-refractivity contribution in [2.24, 2.45) is 11.8 Å². The summed E-state index contributed by atoms with van der Waals surface area (Å²) >= 11 is 0. The predicted octanol–water partition coefficient (Wildman–Crippen LogP) is 3.06. The topological polar surface area (TPSA) is 58.4 Å². The molecule has 0 radical (unpaired) electrons. The molecule has 4 atom stereocenters. The summed E-state index contributed by atoms with van der Waals surface area (Å²) in [6, 6.07) is 8.60. The van der Waals surface area contributed by atoms with Crippen molar-refractivity contribution in [2.45, 2.75) is 64.1 Å². The number of benzene rings is 1. The Morgan fingerprint density at radius 1 is 1.21 bits per heavy atom. The molecule has 3 aliphatic heterocycles. The Morgan fingerprint density at radius 3 is 2.86 bits per heavy atom. The van der Waals surface area contributed by atoms with Crippen molar-refractivity contribution in [3.8, 4) is 0 Å². The van der Waals surface area contributed by atoms with Gasteiger partial charge < -0.3 is 9.80 Å². The molecule has 4 heterocycles. The van der Waals surface area contributed by atoms with Crippen molar-refractivity contribution in [1.29, 1.82) is 0 Å². The van der Waals surface area contributed by atoms with Crippen LogP contribution in [-0.4, -0.2) is 56.6 Å². The third kappa shape index (κ3) is 3.32. The van der Waals surface area contributed by atoms with Gasteiger partial charge in [0.1, 0.15) is 6.54 Å². The normalized spacial score (nSPS) is 29.2. The van der Waals surface area contributed by atoms with Crippen LogP contribution < -0.4 is 0 Å². The van der Waals surface area contributed by atoms with Crippen LogP contribution in [0.2, 0.25) is 0 Å². The molecule has 0 aliphatic carbocycles. The molecule has 2 bridgehead atoms. The van der Waals surface area contributed by atoms with Gasteiger partial charge in [-0.3, -0.25) is 14.3 Å². The average molecular weight is 395 g/mol. The number of fused-ring (bicyclic) bond motifs is 5. The molecule has 6 nitrogen and oxygen atoms in total. The van der Waals surface area contributed by atoms with Crippen molar-refractivity contribution >= 4 is 22.7 Å². The van der Waals surface area contributed by atoms with Gasteiger partial charge in [-0.05, 0) is 43.6 Å². The molecule has 29 heavy (non-hydrogen) atoms. The molecule has 2 aromatic rings. The smallest absolute Gasteiger partial charge is 0.244 e. The van der Waals surface area contributed by atoms with E-state index in [1.54, 1.807) is 4.68 Å². The number of carbonyl (C=O) groups excluding carboxylic acids is 2. The third-order valence-corrected chi connectivity index (χ3v) is 7.19. The van der Waals surface area contributed by atoms with Crippen LogP contribution in [0.5, 0.6) is 0 Å². The number of piperidine rings is 3. The predicted molar refractivity (Wildman–Crippen MR) is 111 cm³/mol. The van der Waals surface area contributed by atoms with Gasteiger partial charge in [0.05, 0.1) is 5.52 Å². The lowest BCUT2D eigenvalue weighted by atomic mass is 9.71. The average Bonchev–Trinajstić information content (AvgIpc) is 3.13. The summed E-state index contributed by atoms with van der Waals surface area (Å²) in [5, 5.41) is 5.62. The van der Waals surface area contributed by atoms with Gasteiger partial charge in [0.2, 0.25) is 11.8 Å². The molecular weight excluding hydrogens is 364 g/mol. The molecule has 3 saturated heterocycles. The van der Waals surface area contributed by atoms with Gasteiger partial charge >= 0.3 is 0 Å². The standard InChI is InChI=1S/C23H30N4O2/c1-2-6-20-17-11-18(21-9-5-10-22(28)27(20)21)13-25(12-17)23(29)15-26-14-16-7-3-4-8-19(16)24-26/h3-4,7-8,14,17-18,20-21H,2,5-6,9-13,15H2,1H3/t17-,18+,20-,21-/m0/s1. The molecule has 3 fully saturated rings. The van der Waals surface area contributed by atoms with Crippen LogP contribution in [0.3, 0.4) is 0 Å². The number of likely N-dealkylation sites (tertiary alicyclic amines) is 1. The van der Waals surface area contributed by atoms with Crippen molar-refractivity contribution in [3.05, 3.63) is 30.5 Å². The summed E-state index contributed by atoms with van der Waals surface area (Å²) in [5.41, 5.74) is 0.926. The first-order valence-electron chi connectivity index (χ1n) is 11.1. The van der Waals surface area contributed by atoms with E-state index in [9.17, 15) is 9.59 Å². The van der Waals surface area contributed by atoms with E-state index in [2.05, 4.69) is 21.8 Å². The van der Waals surface area contributed by atoms with Gasteiger partial charge in [-0.15, -0.1) is 0 Å². The van der Waals surface area contributed by atoms with Crippen LogP contribution >= 0.6 is 0 Å². The van der Waals surface area contributed by atoms with E-state index in [1.165, 1.54) is 0 Å².